The highest BCUT2D eigenvalue weighted by Crippen LogP contribution is 2.44. The Labute approximate surface area is 73.7 Å². The molecule has 0 saturated carbocycles. The van der Waals surface area contributed by atoms with Gasteiger partial charge >= 0.3 is 7.60 Å². The molecule has 0 spiro atoms. The molecular weight excluding hydrogens is 179 g/mol. The second-order valence-electron chi connectivity index (χ2n) is 3.46. The molecule has 0 N–H and O–H groups in total. The van der Waals surface area contributed by atoms with E-state index in [0.717, 1.165) is 0 Å². The van der Waals surface area contributed by atoms with Crippen LogP contribution < -0.4 is 0 Å². The lowest BCUT2D eigenvalue weighted by Gasteiger charge is -2.20. The van der Waals surface area contributed by atoms with E-state index in [1.54, 1.807) is 27.7 Å². The van der Waals surface area contributed by atoms with Crippen molar-refractivity contribution >= 4 is 7.60 Å². The molecule has 0 aliphatic heterocycles. The van der Waals surface area contributed by atoms with Crippen molar-refractivity contribution in [2.75, 3.05) is 13.3 Å². The van der Waals surface area contributed by atoms with E-state index in [0.29, 0.717) is 6.61 Å². The summed E-state index contributed by atoms with van der Waals surface area (Å²) < 4.78 is 20.8. The zero-order valence-electron chi connectivity index (χ0n) is 8.29. The van der Waals surface area contributed by atoms with Crippen molar-refractivity contribution in [2.45, 2.75) is 33.3 Å². The maximum absolute atomic E-state index is 11.3. The quantitative estimate of drug-likeness (QED) is 0.394. The lowest BCUT2D eigenvalue weighted by Crippen LogP contribution is -2.18. The van der Waals surface area contributed by atoms with E-state index in [4.69, 9.17) is 9.41 Å². The summed E-state index contributed by atoms with van der Waals surface area (Å²) in [6.07, 6.45) is 0. The average molecular weight is 196 g/mol. The summed E-state index contributed by atoms with van der Waals surface area (Å²) in [6, 6.07) is 0. The van der Waals surface area contributed by atoms with Crippen LogP contribution in [-0.2, 0) is 18.7 Å². The van der Waals surface area contributed by atoms with Crippen molar-refractivity contribution < 1.29 is 18.7 Å². The zero-order valence-corrected chi connectivity index (χ0v) is 9.18. The maximum Gasteiger partial charge on any atom is 0.355 e. The average Bonchev–Trinajstić information content (AvgIpc) is 1.83. The minimum absolute atomic E-state index is 0.348. The van der Waals surface area contributed by atoms with Gasteiger partial charge in [0.1, 0.15) is 0 Å². The first kappa shape index (κ1) is 12.1. The van der Waals surface area contributed by atoms with Gasteiger partial charge in [-0.15, -0.1) is 4.67 Å². The lowest BCUT2D eigenvalue weighted by atomic mass is 10.2. The molecule has 74 valence electrons. The number of rotatable bonds is 4. The normalized spacial score (nSPS) is 17.4. The standard InChI is InChI=1S/C7H17O4P/c1-6-9-12(5,8)11-10-7(2,3)4/h6H2,1-5H3. The first-order chi connectivity index (χ1) is 5.27. The highest BCUT2D eigenvalue weighted by atomic mass is 31.2. The summed E-state index contributed by atoms with van der Waals surface area (Å²) in [5.41, 5.74) is -0.469. The maximum atomic E-state index is 11.3. The SMILES string of the molecule is CCOP(C)(=O)OOC(C)(C)C. The Bertz CT molecular complexity index is 173. The topological polar surface area (TPSA) is 44.8 Å². The zero-order chi connectivity index (χ0) is 9.83. The van der Waals surface area contributed by atoms with Gasteiger partial charge in [0.15, 0.2) is 0 Å². The summed E-state index contributed by atoms with van der Waals surface area (Å²) >= 11 is 0. The second-order valence-corrected chi connectivity index (χ2v) is 5.41. The van der Waals surface area contributed by atoms with Crippen LogP contribution >= 0.6 is 7.60 Å². The van der Waals surface area contributed by atoms with Gasteiger partial charge in [0.2, 0.25) is 0 Å². The Hall–Kier alpha value is 0.110. The van der Waals surface area contributed by atoms with Crippen LogP contribution in [0.2, 0.25) is 0 Å². The van der Waals surface area contributed by atoms with Crippen molar-refractivity contribution in [1.29, 1.82) is 0 Å². The molecule has 0 fully saturated rings. The van der Waals surface area contributed by atoms with E-state index in [1.165, 1.54) is 6.66 Å². The lowest BCUT2D eigenvalue weighted by molar-refractivity contribution is -0.280. The molecule has 5 heteroatoms. The molecule has 0 aromatic rings. The molecule has 1 unspecified atom stereocenters. The van der Waals surface area contributed by atoms with Crippen LogP contribution in [0.5, 0.6) is 0 Å². The molecule has 0 aromatic heterocycles. The van der Waals surface area contributed by atoms with Gasteiger partial charge in [0.05, 0.1) is 12.2 Å². The molecule has 1 atom stereocenters. The molecule has 0 bridgehead atoms. The Morgan fingerprint density at radius 2 is 1.83 bits per heavy atom. The van der Waals surface area contributed by atoms with Crippen LogP contribution in [0.3, 0.4) is 0 Å². The first-order valence-electron chi connectivity index (χ1n) is 3.86. The van der Waals surface area contributed by atoms with E-state index in [9.17, 15) is 4.57 Å². The van der Waals surface area contributed by atoms with Crippen molar-refractivity contribution in [3.8, 4) is 0 Å². The summed E-state index contributed by atoms with van der Waals surface area (Å²) in [7, 11) is -3.01. The Kier molecular flexibility index (Phi) is 4.42. The van der Waals surface area contributed by atoms with Crippen molar-refractivity contribution in [1.82, 2.24) is 0 Å². The number of hydrogen-bond donors (Lipinski definition) is 0. The van der Waals surface area contributed by atoms with Crippen LogP contribution in [0, 0.1) is 0 Å². The van der Waals surface area contributed by atoms with E-state index in [-0.39, 0.29) is 0 Å². The van der Waals surface area contributed by atoms with Gasteiger partial charge in [-0.05, 0) is 27.7 Å². The fourth-order valence-corrected chi connectivity index (χ4v) is 1.31. The van der Waals surface area contributed by atoms with Gasteiger partial charge in [0, 0.05) is 6.66 Å². The van der Waals surface area contributed by atoms with Crippen LogP contribution in [-0.4, -0.2) is 18.9 Å². The highest BCUT2D eigenvalue weighted by molar-refractivity contribution is 7.52. The van der Waals surface area contributed by atoms with E-state index >= 15 is 0 Å². The Morgan fingerprint density at radius 3 is 2.17 bits per heavy atom. The fourth-order valence-electron chi connectivity index (χ4n) is 0.436. The summed E-state index contributed by atoms with van der Waals surface area (Å²) in [4.78, 5) is 4.86. The van der Waals surface area contributed by atoms with Crippen molar-refractivity contribution in [2.24, 2.45) is 0 Å². The largest absolute Gasteiger partial charge is 0.355 e. The molecule has 12 heavy (non-hydrogen) atoms. The van der Waals surface area contributed by atoms with E-state index < -0.39 is 13.2 Å². The fraction of sp³-hybridized carbons (Fsp3) is 1.00. The molecule has 0 aliphatic carbocycles. The van der Waals surface area contributed by atoms with Gasteiger partial charge in [0.25, 0.3) is 0 Å². The predicted octanol–water partition coefficient (Wildman–Crippen LogP) is 2.59. The molecule has 0 rings (SSSR count). The molecule has 0 saturated heterocycles. The third kappa shape index (κ3) is 6.80. The van der Waals surface area contributed by atoms with Crippen LogP contribution in [0.25, 0.3) is 0 Å². The summed E-state index contributed by atoms with van der Waals surface area (Å²) in [5.74, 6) is 0. The molecular formula is C7H17O4P. The molecule has 0 heterocycles. The van der Waals surface area contributed by atoms with Gasteiger partial charge in [-0.3, -0.25) is 4.57 Å². The van der Waals surface area contributed by atoms with Gasteiger partial charge < -0.3 is 4.52 Å². The second kappa shape index (κ2) is 4.38. The van der Waals surface area contributed by atoms with Crippen LogP contribution in [0.15, 0.2) is 0 Å². The van der Waals surface area contributed by atoms with Crippen LogP contribution in [0.1, 0.15) is 27.7 Å². The van der Waals surface area contributed by atoms with Crippen LogP contribution in [0.4, 0.5) is 0 Å². The molecule has 0 radical (unpaired) electrons. The molecule has 0 amide bonds. The van der Waals surface area contributed by atoms with Gasteiger partial charge in [-0.2, -0.15) is 0 Å². The monoisotopic (exact) mass is 196 g/mol. The third-order valence-corrected chi connectivity index (χ3v) is 1.86. The minimum atomic E-state index is -3.01. The molecule has 0 aromatic carbocycles. The molecule has 0 aliphatic rings. The Morgan fingerprint density at radius 1 is 1.33 bits per heavy atom. The summed E-state index contributed by atoms with van der Waals surface area (Å²) in [6.45, 7) is 8.89. The molecule has 4 nitrogen and oxygen atoms in total. The van der Waals surface area contributed by atoms with E-state index in [2.05, 4.69) is 4.67 Å². The first-order valence-corrected chi connectivity index (χ1v) is 5.85. The van der Waals surface area contributed by atoms with Gasteiger partial charge in [-0.1, -0.05) is 0 Å². The van der Waals surface area contributed by atoms with Crippen molar-refractivity contribution in [3.63, 3.8) is 0 Å². The smallest absolute Gasteiger partial charge is 0.308 e. The van der Waals surface area contributed by atoms with Crippen molar-refractivity contribution in [3.05, 3.63) is 0 Å². The predicted molar refractivity (Wildman–Crippen MR) is 47.1 cm³/mol. The number of hydrogen-bond acceptors (Lipinski definition) is 4. The highest BCUT2D eigenvalue weighted by Gasteiger charge is 2.22. The third-order valence-electron chi connectivity index (χ3n) is 0.786. The van der Waals surface area contributed by atoms with Gasteiger partial charge in [-0.25, -0.2) is 4.89 Å². The van der Waals surface area contributed by atoms with E-state index in [1.807, 2.05) is 0 Å². The Balaban J connectivity index is 3.84. The minimum Gasteiger partial charge on any atom is -0.308 e. The summed E-state index contributed by atoms with van der Waals surface area (Å²) in [5, 5.41) is 0.